The molecule has 0 bridgehead atoms. The van der Waals surface area contributed by atoms with Crippen LogP contribution in [0, 0.1) is 0 Å². The smallest absolute Gasteiger partial charge is 0.280 e. The van der Waals surface area contributed by atoms with Crippen LogP contribution in [-0.2, 0) is 6.42 Å². The number of hydrogen-bond acceptors (Lipinski definition) is 6. The number of ether oxygens (including phenoxy) is 1. The van der Waals surface area contributed by atoms with Crippen LogP contribution in [0.2, 0.25) is 0 Å². The average Bonchev–Trinajstić information content (AvgIpc) is 3.38. The van der Waals surface area contributed by atoms with Gasteiger partial charge in [0, 0.05) is 23.2 Å². The molecule has 1 aliphatic rings. The van der Waals surface area contributed by atoms with Crippen LogP contribution in [0.4, 0.5) is 5.82 Å². The summed E-state index contributed by atoms with van der Waals surface area (Å²) in [6.45, 7) is 0. The van der Waals surface area contributed by atoms with Crippen LogP contribution in [0.15, 0.2) is 109 Å². The number of carbonyl (C=O) groups excluding carboxylic acids is 2. The molecule has 8 heteroatoms. The number of benzene rings is 3. The third-order valence-electron chi connectivity index (χ3n) is 6.80. The highest BCUT2D eigenvalue weighted by Crippen LogP contribution is 2.40. The Bertz CT molecular complexity index is 1760. The van der Waals surface area contributed by atoms with Gasteiger partial charge in [0.25, 0.3) is 11.8 Å². The van der Waals surface area contributed by atoms with E-state index in [9.17, 15) is 9.59 Å². The van der Waals surface area contributed by atoms with Gasteiger partial charge < -0.3 is 15.8 Å². The largest absolute Gasteiger partial charge is 0.497 e. The van der Waals surface area contributed by atoms with E-state index in [1.54, 1.807) is 25.3 Å². The van der Waals surface area contributed by atoms with Crippen molar-refractivity contribution in [3.8, 4) is 28.1 Å². The zero-order chi connectivity index (χ0) is 27.6. The van der Waals surface area contributed by atoms with Crippen molar-refractivity contribution >= 4 is 23.2 Å². The summed E-state index contributed by atoms with van der Waals surface area (Å²) in [5.41, 5.74) is 11.6. The third-order valence-corrected chi connectivity index (χ3v) is 6.80. The monoisotopic (exact) mass is 527 g/mol. The summed E-state index contributed by atoms with van der Waals surface area (Å²) in [5, 5.41) is 8.19. The SMILES string of the molecule is COc1ccc(C2=C(Nc3cccc(C(N)=O)n3)Cc3c(-c4ccccc4)c(-c4ccccc4)nn3C2=O)cc1. The van der Waals surface area contributed by atoms with E-state index < -0.39 is 5.91 Å². The van der Waals surface area contributed by atoms with Gasteiger partial charge in [0.15, 0.2) is 0 Å². The summed E-state index contributed by atoms with van der Waals surface area (Å²) in [5.74, 6) is 0.169. The molecule has 6 rings (SSSR count). The van der Waals surface area contributed by atoms with E-state index in [1.165, 1.54) is 4.68 Å². The normalized spacial score (nSPS) is 12.7. The predicted molar refractivity (Wildman–Crippen MR) is 154 cm³/mol. The minimum atomic E-state index is -0.635. The molecule has 0 radical (unpaired) electrons. The second-order valence-electron chi connectivity index (χ2n) is 9.28. The molecule has 0 atom stereocenters. The second-order valence-corrected chi connectivity index (χ2v) is 9.28. The Morgan fingerprint density at radius 2 is 1.52 bits per heavy atom. The minimum absolute atomic E-state index is 0.125. The summed E-state index contributed by atoms with van der Waals surface area (Å²) in [4.78, 5) is 30.4. The first kappa shape index (κ1) is 24.8. The number of primary amides is 1. The predicted octanol–water partition coefficient (Wildman–Crippen LogP) is 5.44. The molecule has 5 aromatic rings. The number of fused-ring (bicyclic) bond motifs is 1. The molecule has 3 heterocycles. The highest BCUT2D eigenvalue weighted by molar-refractivity contribution is 6.23. The van der Waals surface area contributed by atoms with Crippen molar-refractivity contribution in [1.82, 2.24) is 14.8 Å². The highest BCUT2D eigenvalue weighted by Gasteiger charge is 2.33. The molecule has 40 heavy (non-hydrogen) atoms. The van der Waals surface area contributed by atoms with Crippen molar-refractivity contribution in [1.29, 1.82) is 0 Å². The van der Waals surface area contributed by atoms with E-state index in [0.29, 0.717) is 34.8 Å². The lowest BCUT2D eigenvalue weighted by Gasteiger charge is -2.23. The second kappa shape index (κ2) is 10.3. The van der Waals surface area contributed by atoms with Crippen LogP contribution >= 0.6 is 0 Å². The molecule has 0 unspecified atom stereocenters. The van der Waals surface area contributed by atoms with Gasteiger partial charge in [-0.05, 0) is 35.4 Å². The topological polar surface area (TPSA) is 112 Å². The highest BCUT2D eigenvalue weighted by atomic mass is 16.5. The lowest BCUT2D eigenvalue weighted by molar-refractivity contribution is 0.0956. The van der Waals surface area contributed by atoms with Crippen LogP contribution < -0.4 is 15.8 Å². The number of pyridine rings is 1. The number of carbonyl (C=O) groups is 2. The van der Waals surface area contributed by atoms with Crippen LogP contribution in [0.25, 0.3) is 28.0 Å². The van der Waals surface area contributed by atoms with Crippen molar-refractivity contribution in [2.75, 3.05) is 12.4 Å². The zero-order valence-electron chi connectivity index (χ0n) is 21.7. The van der Waals surface area contributed by atoms with Gasteiger partial charge in [0.05, 0.1) is 18.4 Å². The van der Waals surface area contributed by atoms with Gasteiger partial charge in [-0.25, -0.2) is 4.98 Å². The van der Waals surface area contributed by atoms with E-state index in [4.69, 9.17) is 15.6 Å². The summed E-state index contributed by atoms with van der Waals surface area (Å²) in [7, 11) is 1.59. The maximum absolute atomic E-state index is 14.3. The molecule has 0 saturated carbocycles. The molecule has 1 amide bonds. The molecule has 2 aromatic heterocycles. The molecule has 8 nitrogen and oxygen atoms in total. The summed E-state index contributed by atoms with van der Waals surface area (Å²) in [6.07, 6.45) is 0.361. The first-order chi connectivity index (χ1) is 19.5. The van der Waals surface area contributed by atoms with Gasteiger partial charge >= 0.3 is 0 Å². The van der Waals surface area contributed by atoms with Crippen LogP contribution in [0.3, 0.4) is 0 Å². The minimum Gasteiger partial charge on any atom is -0.497 e. The van der Waals surface area contributed by atoms with Gasteiger partial charge in [-0.15, -0.1) is 0 Å². The number of aromatic nitrogens is 3. The van der Waals surface area contributed by atoms with Gasteiger partial charge in [0.2, 0.25) is 0 Å². The number of amides is 1. The number of nitrogens with two attached hydrogens (primary N) is 1. The lowest BCUT2D eigenvalue weighted by Crippen LogP contribution is -2.27. The number of methoxy groups -OCH3 is 1. The fourth-order valence-electron chi connectivity index (χ4n) is 4.94. The Hall–Kier alpha value is -5.50. The Labute approximate surface area is 230 Å². The van der Waals surface area contributed by atoms with Gasteiger partial charge in [0.1, 0.15) is 23.0 Å². The summed E-state index contributed by atoms with van der Waals surface area (Å²) < 4.78 is 6.83. The van der Waals surface area contributed by atoms with Crippen molar-refractivity contribution in [2.24, 2.45) is 5.73 Å². The first-order valence-electron chi connectivity index (χ1n) is 12.7. The van der Waals surface area contributed by atoms with Gasteiger partial charge in [-0.3, -0.25) is 9.59 Å². The van der Waals surface area contributed by atoms with Crippen molar-refractivity contribution in [3.63, 3.8) is 0 Å². The molecule has 0 saturated heterocycles. The number of nitrogens with zero attached hydrogens (tertiary/aromatic N) is 3. The summed E-state index contributed by atoms with van der Waals surface area (Å²) in [6, 6.07) is 32.0. The number of nitrogens with one attached hydrogen (secondary N) is 1. The quantitative estimate of drug-likeness (QED) is 0.292. The maximum atomic E-state index is 14.3. The number of anilines is 1. The van der Waals surface area contributed by atoms with Crippen molar-refractivity contribution < 1.29 is 14.3 Å². The van der Waals surface area contributed by atoms with Gasteiger partial charge in [-0.2, -0.15) is 9.78 Å². The van der Waals surface area contributed by atoms with E-state index in [-0.39, 0.29) is 11.6 Å². The maximum Gasteiger partial charge on any atom is 0.280 e. The Kier molecular flexibility index (Phi) is 6.41. The number of rotatable bonds is 7. The third kappa shape index (κ3) is 4.52. The molecule has 0 aliphatic carbocycles. The molecular formula is C32H25N5O3. The lowest BCUT2D eigenvalue weighted by atomic mass is 9.92. The van der Waals surface area contributed by atoms with Crippen LogP contribution in [0.1, 0.15) is 26.5 Å². The molecule has 196 valence electrons. The standard InChI is InChI=1S/C32H25N5O3/c1-40-23-17-15-21(16-18-23)28-25(35-27-14-8-13-24(34-27)31(33)38)19-26-29(20-9-4-2-5-10-20)30(36-37(26)32(28)39)22-11-6-3-7-12-22/h2-18H,19H2,1H3,(H2,33,38)(H,34,35). The summed E-state index contributed by atoms with van der Waals surface area (Å²) >= 11 is 0. The molecule has 0 spiro atoms. The van der Waals surface area contributed by atoms with Crippen molar-refractivity contribution in [3.05, 3.63) is 126 Å². The van der Waals surface area contributed by atoms with Gasteiger partial charge in [-0.1, -0.05) is 78.9 Å². The fraction of sp³-hybridized carbons (Fsp3) is 0.0625. The Morgan fingerprint density at radius 1 is 0.850 bits per heavy atom. The zero-order valence-corrected chi connectivity index (χ0v) is 21.7. The Balaban J connectivity index is 1.55. The molecule has 3 N–H and O–H groups in total. The first-order valence-corrected chi connectivity index (χ1v) is 12.7. The molecule has 3 aromatic carbocycles. The Morgan fingerprint density at radius 3 is 2.17 bits per heavy atom. The average molecular weight is 528 g/mol. The molecule has 1 aliphatic heterocycles. The van der Waals surface area contributed by atoms with Crippen LogP contribution in [-0.4, -0.2) is 33.7 Å². The molecule has 0 fully saturated rings. The number of allylic oxidation sites excluding steroid dienone is 2. The van der Waals surface area contributed by atoms with E-state index in [2.05, 4.69) is 10.3 Å². The fourth-order valence-corrected chi connectivity index (χ4v) is 4.94. The van der Waals surface area contributed by atoms with Crippen molar-refractivity contribution in [2.45, 2.75) is 6.42 Å². The van der Waals surface area contributed by atoms with E-state index in [1.807, 2.05) is 84.9 Å². The van der Waals surface area contributed by atoms with Crippen LogP contribution in [0.5, 0.6) is 5.75 Å². The molecular weight excluding hydrogens is 502 g/mol. The van der Waals surface area contributed by atoms with E-state index >= 15 is 0 Å². The van der Waals surface area contributed by atoms with E-state index in [0.717, 1.165) is 28.1 Å². The number of hydrogen-bond donors (Lipinski definition) is 2.